The second-order valence-corrected chi connectivity index (χ2v) is 5.94. The smallest absolute Gasteiger partial charge is 0.236 e. The van der Waals surface area contributed by atoms with E-state index in [4.69, 9.17) is 5.73 Å². The number of benzene rings is 1. The molecule has 0 saturated heterocycles. The highest BCUT2D eigenvalue weighted by Gasteiger charge is 2.11. The molecule has 0 aliphatic rings. The van der Waals surface area contributed by atoms with E-state index in [0.29, 0.717) is 23.0 Å². The maximum absolute atomic E-state index is 11.7. The van der Waals surface area contributed by atoms with Gasteiger partial charge in [-0.05, 0) is 30.2 Å². The molecule has 1 rings (SSSR count). The van der Waals surface area contributed by atoms with E-state index in [1.807, 2.05) is 6.92 Å². The standard InChI is InChI=1S/C13H20N2O2S/c1-3-10(2)8-18(17)9-13(16)15-12-6-4-11(14)5-7-12/h4-7,10H,3,8-9,14H2,1-2H3,(H,15,16). The van der Waals surface area contributed by atoms with Crippen molar-refractivity contribution in [3.63, 3.8) is 0 Å². The number of hydrogen-bond acceptors (Lipinski definition) is 3. The minimum Gasteiger partial charge on any atom is -0.399 e. The monoisotopic (exact) mass is 268 g/mol. The van der Waals surface area contributed by atoms with Crippen LogP contribution >= 0.6 is 0 Å². The second kappa shape index (κ2) is 7.16. The van der Waals surface area contributed by atoms with E-state index in [1.165, 1.54) is 0 Å². The van der Waals surface area contributed by atoms with Crippen molar-refractivity contribution in [1.29, 1.82) is 0 Å². The third-order valence-electron chi connectivity index (χ3n) is 2.65. The number of carbonyl (C=O) groups is 1. The van der Waals surface area contributed by atoms with Crippen LogP contribution in [0.5, 0.6) is 0 Å². The number of nitrogens with one attached hydrogen (secondary N) is 1. The molecule has 5 heteroatoms. The molecule has 0 spiro atoms. The summed E-state index contributed by atoms with van der Waals surface area (Å²) >= 11 is 0. The van der Waals surface area contributed by atoms with Crippen LogP contribution in [0.1, 0.15) is 20.3 Å². The number of carbonyl (C=O) groups excluding carboxylic acids is 1. The van der Waals surface area contributed by atoms with E-state index in [9.17, 15) is 9.00 Å². The number of nitrogens with two attached hydrogens (primary N) is 1. The van der Waals surface area contributed by atoms with Crippen molar-refractivity contribution >= 4 is 28.1 Å². The Morgan fingerprint density at radius 2 is 2.00 bits per heavy atom. The second-order valence-electron chi connectivity index (χ2n) is 4.43. The van der Waals surface area contributed by atoms with Gasteiger partial charge >= 0.3 is 0 Å². The van der Waals surface area contributed by atoms with Crippen LogP contribution in [-0.2, 0) is 15.6 Å². The Morgan fingerprint density at radius 3 is 2.56 bits per heavy atom. The summed E-state index contributed by atoms with van der Waals surface area (Å²) < 4.78 is 11.7. The van der Waals surface area contributed by atoms with Crippen molar-refractivity contribution in [2.24, 2.45) is 5.92 Å². The van der Waals surface area contributed by atoms with E-state index in [-0.39, 0.29) is 11.7 Å². The molecule has 0 aliphatic heterocycles. The molecule has 100 valence electrons. The van der Waals surface area contributed by atoms with Crippen LogP contribution in [0.2, 0.25) is 0 Å². The Hall–Kier alpha value is -1.36. The van der Waals surface area contributed by atoms with Gasteiger partial charge in [-0.2, -0.15) is 0 Å². The summed E-state index contributed by atoms with van der Waals surface area (Å²) in [4.78, 5) is 11.6. The van der Waals surface area contributed by atoms with Crippen LogP contribution in [0, 0.1) is 5.92 Å². The lowest BCUT2D eigenvalue weighted by Crippen LogP contribution is -2.22. The summed E-state index contributed by atoms with van der Waals surface area (Å²) in [7, 11) is -1.09. The van der Waals surface area contributed by atoms with Gasteiger partial charge in [0.25, 0.3) is 0 Å². The topological polar surface area (TPSA) is 72.2 Å². The molecule has 18 heavy (non-hydrogen) atoms. The van der Waals surface area contributed by atoms with Crippen molar-refractivity contribution in [3.8, 4) is 0 Å². The summed E-state index contributed by atoms with van der Waals surface area (Å²) in [6, 6.07) is 6.88. The van der Waals surface area contributed by atoms with Crippen molar-refractivity contribution < 1.29 is 9.00 Å². The normalized spacial score (nSPS) is 13.9. The van der Waals surface area contributed by atoms with Crippen LogP contribution in [0.25, 0.3) is 0 Å². The van der Waals surface area contributed by atoms with Crippen molar-refractivity contribution in [2.45, 2.75) is 20.3 Å². The van der Waals surface area contributed by atoms with Gasteiger partial charge in [-0.25, -0.2) is 0 Å². The molecule has 2 unspecified atom stereocenters. The molecule has 2 atom stereocenters. The molecule has 0 bridgehead atoms. The lowest BCUT2D eigenvalue weighted by Gasteiger charge is -2.08. The van der Waals surface area contributed by atoms with E-state index in [2.05, 4.69) is 12.2 Å². The van der Waals surface area contributed by atoms with E-state index in [1.54, 1.807) is 24.3 Å². The molecule has 4 nitrogen and oxygen atoms in total. The fraction of sp³-hybridized carbons (Fsp3) is 0.462. The Kier molecular flexibility index (Phi) is 5.85. The Morgan fingerprint density at radius 1 is 1.39 bits per heavy atom. The van der Waals surface area contributed by atoms with Crippen LogP contribution in [-0.4, -0.2) is 21.6 Å². The van der Waals surface area contributed by atoms with Crippen LogP contribution in [0.15, 0.2) is 24.3 Å². The SMILES string of the molecule is CCC(C)CS(=O)CC(=O)Nc1ccc(N)cc1. The lowest BCUT2D eigenvalue weighted by atomic mass is 10.2. The quantitative estimate of drug-likeness (QED) is 0.775. The minimum absolute atomic E-state index is 0.0503. The van der Waals surface area contributed by atoms with Gasteiger partial charge < -0.3 is 11.1 Å². The minimum atomic E-state index is -1.09. The molecule has 0 aliphatic carbocycles. The first kappa shape index (κ1) is 14.7. The van der Waals surface area contributed by atoms with Crippen molar-refractivity contribution in [2.75, 3.05) is 22.6 Å². The van der Waals surface area contributed by atoms with Gasteiger partial charge in [-0.3, -0.25) is 9.00 Å². The van der Waals surface area contributed by atoms with Gasteiger partial charge in [-0.15, -0.1) is 0 Å². The fourth-order valence-corrected chi connectivity index (χ4v) is 2.76. The van der Waals surface area contributed by atoms with Crippen molar-refractivity contribution in [3.05, 3.63) is 24.3 Å². The van der Waals surface area contributed by atoms with Crippen LogP contribution < -0.4 is 11.1 Å². The number of anilines is 2. The molecular weight excluding hydrogens is 248 g/mol. The van der Waals surface area contributed by atoms with E-state index in [0.717, 1.165) is 6.42 Å². The first-order chi connectivity index (χ1) is 8.51. The summed E-state index contributed by atoms with van der Waals surface area (Å²) in [6.45, 7) is 4.09. The zero-order valence-electron chi connectivity index (χ0n) is 10.8. The first-order valence-corrected chi connectivity index (χ1v) is 7.50. The highest BCUT2D eigenvalue weighted by Crippen LogP contribution is 2.10. The molecule has 1 aromatic carbocycles. The Labute approximate surface area is 110 Å². The maximum Gasteiger partial charge on any atom is 0.236 e. The average molecular weight is 268 g/mol. The largest absolute Gasteiger partial charge is 0.399 e. The predicted molar refractivity (Wildman–Crippen MR) is 76.8 cm³/mol. The van der Waals surface area contributed by atoms with Crippen molar-refractivity contribution in [1.82, 2.24) is 0 Å². The number of hydrogen-bond donors (Lipinski definition) is 2. The van der Waals surface area contributed by atoms with E-state index >= 15 is 0 Å². The fourth-order valence-electron chi connectivity index (χ4n) is 1.40. The van der Waals surface area contributed by atoms with Gasteiger partial charge in [0.2, 0.25) is 5.91 Å². The number of amides is 1. The summed E-state index contributed by atoms with van der Waals surface area (Å²) in [5, 5.41) is 2.70. The third-order valence-corrected chi connectivity index (χ3v) is 4.18. The Balaban J connectivity index is 2.42. The average Bonchev–Trinajstić information content (AvgIpc) is 2.31. The van der Waals surface area contributed by atoms with Gasteiger partial charge in [-0.1, -0.05) is 20.3 Å². The number of rotatable bonds is 6. The van der Waals surface area contributed by atoms with E-state index < -0.39 is 10.8 Å². The summed E-state index contributed by atoms with van der Waals surface area (Å²) in [6.07, 6.45) is 0.978. The molecule has 0 aromatic heterocycles. The first-order valence-electron chi connectivity index (χ1n) is 6.01. The van der Waals surface area contributed by atoms with Gasteiger partial charge in [0, 0.05) is 27.9 Å². The molecule has 0 radical (unpaired) electrons. The zero-order valence-corrected chi connectivity index (χ0v) is 11.6. The highest BCUT2D eigenvalue weighted by molar-refractivity contribution is 7.85. The maximum atomic E-state index is 11.7. The van der Waals surface area contributed by atoms with Gasteiger partial charge in [0.15, 0.2) is 0 Å². The molecule has 0 saturated carbocycles. The zero-order chi connectivity index (χ0) is 13.5. The molecular formula is C13H20N2O2S. The van der Waals surface area contributed by atoms with Gasteiger partial charge in [0.05, 0.1) is 0 Å². The lowest BCUT2D eigenvalue weighted by molar-refractivity contribution is -0.113. The molecule has 1 amide bonds. The summed E-state index contributed by atoms with van der Waals surface area (Å²) in [5.74, 6) is 0.789. The summed E-state index contributed by atoms with van der Waals surface area (Å²) in [5.41, 5.74) is 6.87. The van der Waals surface area contributed by atoms with Crippen LogP contribution in [0.4, 0.5) is 11.4 Å². The molecule has 0 fully saturated rings. The predicted octanol–water partition coefficient (Wildman–Crippen LogP) is 2.00. The molecule has 3 N–H and O–H groups in total. The highest BCUT2D eigenvalue weighted by atomic mass is 32.2. The molecule has 0 heterocycles. The number of nitrogen functional groups attached to an aromatic ring is 1. The van der Waals surface area contributed by atoms with Crippen LogP contribution in [0.3, 0.4) is 0 Å². The van der Waals surface area contributed by atoms with Gasteiger partial charge in [0.1, 0.15) is 5.75 Å². The Bertz CT molecular complexity index is 418. The molecule has 1 aromatic rings. The third kappa shape index (κ3) is 5.31.